The van der Waals surface area contributed by atoms with E-state index in [9.17, 15) is 4.79 Å². The van der Waals surface area contributed by atoms with Crippen LogP contribution in [0.15, 0.2) is 0 Å². The quantitative estimate of drug-likeness (QED) is 0.687. The van der Waals surface area contributed by atoms with Crippen LogP contribution in [-0.2, 0) is 0 Å². The average Bonchev–Trinajstić information content (AvgIpc) is 2.15. The molecule has 0 aromatic carbocycles. The third kappa shape index (κ3) is 4.08. The fourth-order valence-electron chi connectivity index (χ4n) is 1.80. The molecular formula is C11H23N3O. The number of hydrogen-bond acceptors (Lipinski definition) is 2. The van der Waals surface area contributed by atoms with Gasteiger partial charge in [-0.05, 0) is 40.7 Å². The van der Waals surface area contributed by atoms with E-state index in [1.807, 2.05) is 32.7 Å². The van der Waals surface area contributed by atoms with Crippen LogP contribution < -0.4 is 10.6 Å². The van der Waals surface area contributed by atoms with E-state index in [1.165, 1.54) is 0 Å². The minimum Gasteiger partial charge on any atom is -0.333 e. The molecule has 1 heterocycles. The van der Waals surface area contributed by atoms with Gasteiger partial charge in [-0.2, -0.15) is 0 Å². The Bertz CT molecular complexity index is 222. The lowest BCUT2D eigenvalue weighted by Gasteiger charge is -2.34. The minimum absolute atomic E-state index is 0.0578. The first-order chi connectivity index (χ1) is 6.92. The standard InChI is InChI=1S/C11H23N3O/c1-11(2,3)13-10(15)14-7-5-6-9(8-14)12-4/h9,12H,5-8H2,1-4H3,(H,13,15). The molecule has 88 valence electrons. The topological polar surface area (TPSA) is 44.4 Å². The first-order valence-corrected chi connectivity index (χ1v) is 5.67. The summed E-state index contributed by atoms with van der Waals surface area (Å²) in [7, 11) is 1.95. The molecule has 0 saturated carbocycles. The number of nitrogens with one attached hydrogen (secondary N) is 2. The van der Waals surface area contributed by atoms with Crippen LogP contribution in [0, 0.1) is 0 Å². The van der Waals surface area contributed by atoms with Gasteiger partial charge in [0.25, 0.3) is 0 Å². The van der Waals surface area contributed by atoms with Crippen molar-refractivity contribution in [1.29, 1.82) is 0 Å². The number of hydrogen-bond donors (Lipinski definition) is 2. The molecule has 15 heavy (non-hydrogen) atoms. The number of likely N-dealkylation sites (N-methyl/N-ethyl adjacent to an activating group) is 1. The number of carbonyl (C=O) groups is 1. The van der Waals surface area contributed by atoms with Crippen molar-refractivity contribution in [3.63, 3.8) is 0 Å². The van der Waals surface area contributed by atoms with Gasteiger partial charge in [0.2, 0.25) is 0 Å². The summed E-state index contributed by atoms with van der Waals surface area (Å²) in [4.78, 5) is 13.8. The number of rotatable bonds is 1. The molecule has 1 unspecified atom stereocenters. The molecule has 2 N–H and O–H groups in total. The maximum atomic E-state index is 11.9. The molecule has 0 spiro atoms. The molecule has 0 bridgehead atoms. The Morgan fingerprint density at radius 2 is 2.07 bits per heavy atom. The smallest absolute Gasteiger partial charge is 0.317 e. The van der Waals surface area contributed by atoms with Gasteiger partial charge in [0, 0.05) is 24.7 Å². The highest BCUT2D eigenvalue weighted by atomic mass is 16.2. The summed E-state index contributed by atoms with van der Waals surface area (Å²) < 4.78 is 0. The summed E-state index contributed by atoms with van der Waals surface area (Å²) >= 11 is 0. The van der Waals surface area contributed by atoms with E-state index in [1.54, 1.807) is 0 Å². The average molecular weight is 213 g/mol. The number of carbonyl (C=O) groups excluding carboxylic acids is 1. The van der Waals surface area contributed by atoms with Crippen LogP contribution in [0.3, 0.4) is 0 Å². The maximum absolute atomic E-state index is 11.9. The van der Waals surface area contributed by atoms with Crippen molar-refractivity contribution in [2.75, 3.05) is 20.1 Å². The third-order valence-electron chi connectivity index (χ3n) is 2.60. The van der Waals surface area contributed by atoms with Gasteiger partial charge in [0.15, 0.2) is 0 Å². The van der Waals surface area contributed by atoms with E-state index >= 15 is 0 Å². The maximum Gasteiger partial charge on any atom is 0.317 e. The lowest BCUT2D eigenvalue weighted by Crippen LogP contribution is -2.54. The SMILES string of the molecule is CNC1CCCN(C(=O)NC(C)(C)C)C1. The Kier molecular flexibility index (Phi) is 3.97. The van der Waals surface area contributed by atoms with E-state index in [0.717, 1.165) is 25.9 Å². The highest BCUT2D eigenvalue weighted by molar-refractivity contribution is 5.75. The van der Waals surface area contributed by atoms with Crippen molar-refractivity contribution in [3.8, 4) is 0 Å². The molecule has 1 aliphatic rings. The van der Waals surface area contributed by atoms with Crippen LogP contribution >= 0.6 is 0 Å². The largest absolute Gasteiger partial charge is 0.333 e. The zero-order valence-electron chi connectivity index (χ0n) is 10.3. The number of likely N-dealkylation sites (tertiary alicyclic amines) is 1. The number of piperidine rings is 1. The van der Waals surface area contributed by atoms with Crippen molar-refractivity contribution < 1.29 is 4.79 Å². The van der Waals surface area contributed by atoms with E-state index in [4.69, 9.17) is 0 Å². The van der Waals surface area contributed by atoms with Gasteiger partial charge in [-0.1, -0.05) is 0 Å². The molecule has 1 fully saturated rings. The summed E-state index contributed by atoms with van der Waals surface area (Å²) in [5.41, 5.74) is -0.149. The molecule has 1 saturated heterocycles. The van der Waals surface area contributed by atoms with Crippen molar-refractivity contribution in [2.24, 2.45) is 0 Å². The Morgan fingerprint density at radius 3 is 2.60 bits per heavy atom. The van der Waals surface area contributed by atoms with E-state index in [2.05, 4.69) is 10.6 Å². The highest BCUT2D eigenvalue weighted by Crippen LogP contribution is 2.11. The summed E-state index contributed by atoms with van der Waals surface area (Å²) in [6, 6.07) is 0.506. The van der Waals surface area contributed by atoms with E-state index in [0.29, 0.717) is 6.04 Å². The summed E-state index contributed by atoms with van der Waals surface area (Å²) in [6.07, 6.45) is 2.25. The normalized spacial score (nSPS) is 22.7. The van der Waals surface area contributed by atoms with Gasteiger partial charge in [0.05, 0.1) is 0 Å². The second-order valence-corrected chi connectivity index (χ2v) is 5.25. The molecular weight excluding hydrogens is 190 g/mol. The fourth-order valence-corrected chi connectivity index (χ4v) is 1.80. The van der Waals surface area contributed by atoms with E-state index in [-0.39, 0.29) is 11.6 Å². The Morgan fingerprint density at radius 1 is 1.40 bits per heavy atom. The van der Waals surface area contributed by atoms with Crippen LogP contribution in [0.1, 0.15) is 33.6 Å². The number of urea groups is 1. The summed E-state index contributed by atoms with van der Waals surface area (Å²) in [5, 5.41) is 6.22. The molecule has 0 aromatic rings. The van der Waals surface area contributed by atoms with Crippen LogP contribution in [-0.4, -0.2) is 42.6 Å². The summed E-state index contributed by atoms with van der Waals surface area (Å²) in [6.45, 7) is 7.71. The second-order valence-electron chi connectivity index (χ2n) is 5.25. The molecule has 1 rings (SSSR count). The highest BCUT2D eigenvalue weighted by Gasteiger charge is 2.24. The van der Waals surface area contributed by atoms with Crippen LogP contribution in [0.25, 0.3) is 0 Å². The molecule has 1 aliphatic heterocycles. The molecule has 4 nitrogen and oxygen atoms in total. The minimum atomic E-state index is -0.149. The molecule has 0 aliphatic carbocycles. The fraction of sp³-hybridized carbons (Fsp3) is 0.909. The van der Waals surface area contributed by atoms with Gasteiger partial charge < -0.3 is 15.5 Å². The predicted molar refractivity (Wildman–Crippen MR) is 61.9 cm³/mol. The van der Waals surface area contributed by atoms with Crippen molar-refractivity contribution in [3.05, 3.63) is 0 Å². The monoisotopic (exact) mass is 213 g/mol. The van der Waals surface area contributed by atoms with E-state index < -0.39 is 0 Å². The molecule has 0 radical (unpaired) electrons. The van der Waals surface area contributed by atoms with Gasteiger partial charge in [0.1, 0.15) is 0 Å². The number of nitrogens with zero attached hydrogens (tertiary/aromatic N) is 1. The summed E-state index contributed by atoms with van der Waals surface area (Å²) in [5.74, 6) is 0. The Labute approximate surface area is 92.4 Å². The lowest BCUT2D eigenvalue weighted by atomic mass is 10.1. The van der Waals surface area contributed by atoms with Gasteiger partial charge in [-0.15, -0.1) is 0 Å². The first kappa shape index (κ1) is 12.3. The van der Waals surface area contributed by atoms with Gasteiger partial charge in [-0.25, -0.2) is 4.79 Å². The van der Waals surface area contributed by atoms with Crippen LogP contribution in [0.5, 0.6) is 0 Å². The second kappa shape index (κ2) is 4.84. The van der Waals surface area contributed by atoms with Crippen LogP contribution in [0.2, 0.25) is 0 Å². The zero-order chi connectivity index (χ0) is 11.5. The molecule has 1 atom stereocenters. The first-order valence-electron chi connectivity index (χ1n) is 5.67. The Balaban J connectivity index is 2.45. The Hall–Kier alpha value is -0.770. The predicted octanol–water partition coefficient (Wildman–Crippen LogP) is 1.18. The van der Waals surface area contributed by atoms with Crippen molar-refractivity contribution in [1.82, 2.24) is 15.5 Å². The zero-order valence-corrected chi connectivity index (χ0v) is 10.3. The molecule has 4 heteroatoms. The van der Waals surface area contributed by atoms with Crippen molar-refractivity contribution >= 4 is 6.03 Å². The lowest BCUT2D eigenvalue weighted by molar-refractivity contribution is 0.167. The van der Waals surface area contributed by atoms with Gasteiger partial charge >= 0.3 is 6.03 Å². The van der Waals surface area contributed by atoms with Crippen LogP contribution in [0.4, 0.5) is 4.79 Å². The van der Waals surface area contributed by atoms with Gasteiger partial charge in [-0.3, -0.25) is 0 Å². The molecule has 0 aromatic heterocycles. The number of amides is 2. The third-order valence-corrected chi connectivity index (χ3v) is 2.60. The van der Waals surface area contributed by atoms with Crippen molar-refractivity contribution in [2.45, 2.75) is 45.2 Å². The molecule has 2 amide bonds.